The molecule has 1 aliphatic rings. The van der Waals surface area contributed by atoms with Gasteiger partial charge < -0.3 is 10.1 Å². The van der Waals surface area contributed by atoms with E-state index in [1.165, 1.54) is 0 Å². The van der Waals surface area contributed by atoms with Crippen molar-refractivity contribution >= 4 is 11.9 Å². The summed E-state index contributed by atoms with van der Waals surface area (Å²) < 4.78 is 5.14. The molecule has 0 bridgehead atoms. The maximum atomic E-state index is 11.5. The zero-order chi connectivity index (χ0) is 13.1. The molecule has 0 aliphatic heterocycles. The molecular weight excluding hydrogens is 218 g/mol. The van der Waals surface area contributed by atoms with Gasteiger partial charge in [-0.05, 0) is 47.0 Å². The average molecular weight is 241 g/mol. The fourth-order valence-electron chi connectivity index (χ4n) is 1.55. The van der Waals surface area contributed by atoms with Gasteiger partial charge in [-0.1, -0.05) is 0 Å². The maximum absolute atomic E-state index is 11.5. The second-order valence-electron chi connectivity index (χ2n) is 5.83. The first-order chi connectivity index (χ1) is 7.78. The zero-order valence-electron chi connectivity index (χ0n) is 11.2. The molecule has 98 valence electrons. The lowest BCUT2D eigenvalue weighted by molar-refractivity contribution is -0.120. The fraction of sp³-hybridized carbons (Fsp3) is 0.846. The Bertz CT molecular complexity index is 290. The lowest BCUT2D eigenvalue weighted by atomic mass is 10.1. The molecule has 4 heteroatoms. The third kappa shape index (κ3) is 6.29. The van der Waals surface area contributed by atoms with Gasteiger partial charge in [-0.2, -0.15) is 0 Å². The van der Waals surface area contributed by atoms with Crippen LogP contribution in [0.15, 0.2) is 0 Å². The van der Waals surface area contributed by atoms with E-state index in [0.717, 1.165) is 12.8 Å². The van der Waals surface area contributed by atoms with Crippen LogP contribution in [0.4, 0.5) is 4.79 Å². The molecule has 17 heavy (non-hydrogen) atoms. The zero-order valence-corrected chi connectivity index (χ0v) is 11.2. The number of rotatable bonds is 5. The van der Waals surface area contributed by atoms with Gasteiger partial charge in [0, 0.05) is 18.4 Å². The first-order valence-electron chi connectivity index (χ1n) is 6.30. The molecule has 1 unspecified atom stereocenters. The normalized spacial score (nSPS) is 17.4. The van der Waals surface area contributed by atoms with Gasteiger partial charge in [0.25, 0.3) is 0 Å². The Morgan fingerprint density at radius 2 is 1.94 bits per heavy atom. The van der Waals surface area contributed by atoms with Crippen molar-refractivity contribution in [3.8, 4) is 0 Å². The topological polar surface area (TPSA) is 55.4 Å². The summed E-state index contributed by atoms with van der Waals surface area (Å²) in [7, 11) is 0. The standard InChI is InChI=1S/C13H23NO3/c1-9(5-8-11(15)10-6-7-10)14-12(16)17-13(2,3)4/h9-10H,5-8H2,1-4H3,(H,14,16). The molecule has 1 N–H and O–H groups in total. The van der Waals surface area contributed by atoms with Crippen molar-refractivity contribution in [3.05, 3.63) is 0 Å². The first kappa shape index (κ1) is 14.0. The minimum atomic E-state index is -0.479. The van der Waals surface area contributed by atoms with Crippen LogP contribution in [0.25, 0.3) is 0 Å². The Labute approximate surface area is 103 Å². The number of ether oxygens (including phenoxy) is 1. The number of carbonyl (C=O) groups excluding carboxylic acids is 2. The van der Waals surface area contributed by atoms with E-state index in [2.05, 4.69) is 5.32 Å². The molecule has 1 aliphatic carbocycles. The van der Waals surface area contributed by atoms with Crippen LogP contribution in [0.5, 0.6) is 0 Å². The van der Waals surface area contributed by atoms with E-state index in [1.807, 2.05) is 27.7 Å². The fourth-order valence-corrected chi connectivity index (χ4v) is 1.55. The van der Waals surface area contributed by atoms with Gasteiger partial charge in [-0.25, -0.2) is 4.79 Å². The van der Waals surface area contributed by atoms with E-state index in [-0.39, 0.29) is 6.04 Å². The van der Waals surface area contributed by atoms with Crippen LogP contribution < -0.4 is 5.32 Å². The van der Waals surface area contributed by atoms with Gasteiger partial charge in [-0.3, -0.25) is 4.79 Å². The molecule has 0 aromatic rings. The molecule has 1 amide bonds. The minimum absolute atomic E-state index is 0.0208. The minimum Gasteiger partial charge on any atom is -0.444 e. The van der Waals surface area contributed by atoms with Crippen molar-refractivity contribution < 1.29 is 14.3 Å². The molecular formula is C13H23NO3. The first-order valence-corrected chi connectivity index (χ1v) is 6.30. The van der Waals surface area contributed by atoms with Crippen molar-refractivity contribution in [3.63, 3.8) is 0 Å². The summed E-state index contributed by atoms with van der Waals surface area (Å²) in [6, 6.07) is -0.0208. The monoisotopic (exact) mass is 241 g/mol. The van der Waals surface area contributed by atoms with Crippen LogP contribution in [-0.2, 0) is 9.53 Å². The molecule has 0 spiro atoms. The number of ketones is 1. The van der Waals surface area contributed by atoms with Crippen molar-refractivity contribution in [2.24, 2.45) is 5.92 Å². The van der Waals surface area contributed by atoms with Gasteiger partial charge in [0.2, 0.25) is 0 Å². The van der Waals surface area contributed by atoms with Gasteiger partial charge in [-0.15, -0.1) is 0 Å². The van der Waals surface area contributed by atoms with Crippen molar-refractivity contribution in [2.45, 2.75) is 65.0 Å². The SMILES string of the molecule is CC(CCC(=O)C1CC1)NC(=O)OC(C)(C)C. The van der Waals surface area contributed by atoms with Gasteiger partial charge >= 0.3 is 6.09 Å². The van der Waals surface area contributed by atoms with Crippen LogP contribution >= 0.6 is 0 Å². The summed E-state index contributed by atoms with van der Waals surface area (Å²) in [6.07, 6.45) is 2.93. The molecule has 1 rings (SSSR count). The van der Waals surface area contributed by atoms with E-state index in [1.54, 1.807) is 0 Å². The van der Waals surface area contributed by atoms with Crippen molar-refractivity contribution in [2.75, 3.05) is 0 Å². The molecule has 1 saturated carbocycles. The number of alkyl carbamates (subject to hydrolysis) is 1. The quantitative estimate of drug-likeness (QED) is 0.805. The Kier molecular flexibility index (Phi) is 4.54. The van der Waals surface area contributed by atoms with Crippen molar-refractivity contribution in [1.82, 2.24) is 5.32 Å². The van der Waals surface area contributed by atoms with E-state index >= 15 is 0 Å². The number of hydrogen-bond donors (Lipinski definition) is 1. The van der Waals surface area contributed by atoms with Crippen LogP contribution in [0, 0.1) is 5.92 Å². The summed E-state index contributed by atoms with van der Waals surface area (Å²) in [5.41, 5.74) is -0.479. The smallest absolute Gasteiger partial charge is 0.407 e. The summed E-state index contributed by atoms with van der Waals surface area (Å²) in [5, 5.41) is 2.74. The third-order valence-corrected chi connectivity index (χ3v) is 2.62. The Hall–Kier alpha value is -1.06. The van der Waals surface area contributed by atoms with Crippen LogP contribution in [0.1, 0.15) is 53.4 Å². The highest BCUT2D eigenvalue weighted by Crippen LogP contribution is 2.31. The Morgan fingerprint density at radius 1 is 1.35 bits per heavy atom. The number of hydrogen-bond acceptors (Lipinski definition) is 3. The molecule has 4 nitrogen and oxygen atoms in total. The average Bonchev–Trinajstić information content (AvgIpc) is 2.93. The van der Waals surface area contributed by atoms with E-state index < -0.39 is 11.7 Å². The summed E-state index contributed by atoms with van der Waals surface area (Å²) >= 11 is 0. The molecule has 0 saturated heterocycles. The highest BCUT2D eigenvalue weighted by Gasteiger charge is 2.29. The van der Waals surface area contributed by atoms with Crippen LogP contribution in [0.2, 0.25) is 0 Å². The highest BCUT2D eigenvalue weighted by atomic mass is 16.6. The third-order valence-electron chi connectivity index (χ3n) is 2.62. The lowest BCUT2D eigenvalue weighted by Gasteiger charge is -2.21. The summed E-state index contributed by atoms with van der Waals surface area (Å²) in [4.78, 5) is 22.9. The second-order valence-corrected chi connectivity index (χ2v) is 5.83. The molecule has 0 aromatic carbocycles. The number of amides is 1. The molecule has 1 fully saturated rings. The van der Waals surface area contributed by atoms with Gasteiger partial charge in [0.1, 0.15) is 11.4 Å². The Morgan fingerprint density at radius 3 is 2.41 bits per heavy atom. The van der Waals surface area contributed by atoms with E-state index in [9.17, 15) is 9.59 Å². The second kappa shape index (κ2) is 5.52. The molecule has 0 heterocycles. The van der Waals surface area contributed by atoms with Crippen molar-refractivity contribution in [1.29, 1.82) is 0 Å². The van der Waals surface area contributed by atoms with E-state index in [4.69, 9.17) is 4.74 Å². The van der Waals surface area contributed by atoms with Gasteiger partial charge in [0.15, 0.2) is 0 Å². The number of Topliss-reactive ketones (excluding diaryl/α,β-unsaturated/α-hetero) is 1. The summed E-state index contributed by atoms with van der Waals surface area (Å²) in [5.74, 6) is 0.645. The number of carbonyl (C=O) groups is 2. The maximum Gasteiger partial charge on any atom is 0.407 e. The highest BCUT2D eigenvalue weighted by molar-refractivity contribution is 5.83. The lowest BCUT2D eigenvalue weighted by Crippen LogP contribution is -2.37. The van der Waals surface area contributed by atoms with Crippen LogP contribution in [0.3, 0.4) is 0 Å². The van der Waals surface area contributed by atoms with E-state index in [0.29, 0.717) is 24.5 Å². The molecule has 0 radical (unpaired) electrons. The molecule has 0 aromatic heterocycles. The predicted octanol–water partition coefficient (Wildman–Crippen LogP) is 2.66. The largest absolute Gasteiger partial charge is 0.444 e. The number of nitrogens with one attached hydrogen (secondary N) is 1. The van der Waals surface area contributed by atoms with Crippen LogP contribution in [-0.4, -0.2) is 23.5 Å². The summed E-state index contributed by atoms with van der Waals surface area (Å²) in [6.45, 7) is 7.37. The Balaban J connectivity index is 2.17. The predicted molar refractivity (Wildman–Crippen MR) is 65.8 cm³/mol. The van der Waals surface area contributed by atoms with Gasteiger partial charge in [0.05, 0.1) is 0 Å². The molecule has 1 atom stereocenters.